The number of hydrogen-bond donors (Lipinski definition) is 0. The van der Waals surface area contributed by atoms with Crippen LogP contribution in [0.2, 0.25) is 5.02 Å². The van der Waals surface area contributed by atoms with E-state index in [2.05, 4.69) is 0 Å². The fraction of sp³-hybridized carbons (Fsp3) is 0.417. The third kappa shape index (κ3) is 3.89. The number of amides is 1. The third-order valence-electron chi connectivity index (χ3n) is 1.96. The average Bonchev–Trinajstić information content (AvgIpc) is 2.18. The van der Waals surface area contributed by atoms with Gasteiger partial charge in [-0.1, -0.05) is 11.6 Å². The first-order valence-electron chi connectivity index (χ1n) is 5.12. The van der Waals surface area contributed by atoms with Gasteiger partial charge in [0.1, 0.15) is 11.4 Å². The monoisotopic (exact) mass is 259 g/mol. The quantitative estimate of drug-likeness (QED) is 0.767. The molecule has 1 aromatic rings. The second-order valence-electron chi connectivity index (χ2n) is 4.64. The van der Waals surface area contributed by atoms with Crippen molar-refractivity contribution >= 4 is 23.4 Å². The summed E-state index contributed by atoms with van der Waals surface area (Å²) >= 11 is 5.64. The number of rotatable bonds is 1. The van der Waals surface area contributed by atoms with Gasteiger partial charge in [0.15, 0.2) is 0 Å². The van der Waals surface area contributed by atoms with Crippen molar-refractivity contribution in [2.75, 3.05) is 11.9 Å². The first-order valence-corrected chi connectivity index (χ1v) is 5.50. The van der Waals surface area contributed by atoms with Crippen LogP contribution in [0.25, 0.3) is 0 Å². The molecule has 0 unspecified atom stereocenters. The van der Waals surface area contributed by atoms with Crippen LogP contribution in [0.15, 0.2) is 18.2 Å². The molecule has 1 rings (SSSR count). The van der Waals surface area contributed by atoms with E-state index in [4.69, 9.17) is 16.3 Å². The second-order valence-corrected chi connectivity index (χ2v) is 5.04. The lowest BCUT2D eigenvalue weighted by Gasteiger charge is -2.24. The minimum absolute atomic E-state index is 0.0297. The number of anilines is 1. The van der Waals surface area contributed by atoms with Gasteiger partial charge < -0.3 is 4.74 Å². The van der Waals surface area contributed by atoms with Gasteiger partial charge in [-0.25, -0.2) is 9.18 Å². The van der Waals surface area contributed by atoms with Gasteiger partial charge in [-0.2, -0.15) is 0 Å². The normalized spacial score (nSPS) is 11.2. The highest BCUT2D eigenvalue weighted by molar-refractivity contribution is 6.31. The number of carbonyl (C=O) groups excluding carboxylic acids is 1. The summed E-state index contributed by atoms with van der Waals surface area (Å²) in [4.78, 5) is 13.0. The molecule has 0 aromatic heterocycles. The maximum absolute atomic E-state index is 13.0. The van der Waals surface area contributed by atoms with Crippen LogP contribution in [-0.2, 0) is 4.74 Å². The lowest BCUT2D eigenvalue weighted by atomic mass is 10.2. The molecule has 0 fully saturated rings. The molecule has 94 valence electrons. The van der Waals surface area contributed by atoms with Crippen molar-refractivity contribution in [2.24, 2.45) is 0 Å². The van der Waals surface area contributed by atoms with Crippen LogP contribution in [-0.4, -0.2) is 18.7 Å². The summed E-state index contributed by atoms with van der Waals surface area (Å²) in [6.07, 6.45) is -0.514. The molecular formula is C12H15ClFNO2. The number of ether oxygens (including phenoxy) is 1. The molecule has 0 heterocycles. The Bertz CT molecular complexity index is 429. The minimum Gasteiger partial charge on any atom is -0.443 e. The number of carbonyl (C=O) groups is 1. The van der Waals surface area contributed by atoms with E-state index >= 15 is 0 Å². The molecule has 0 aliphatic rings. The van der Waals surface area contributed by atoms with Crippen LogP contribution >= 0.6 is 11.6 Å². The maximum atomic E-state index is 13.0. The van der Waals surface area contributed by atoms with E-state index in [9.17, 15) is 9.18 Å². The molecule has 0 N–H and O–H groups in total. The van der Waals surface area contributed by atoms with Crippen molar-refractivity contribution in [3.05, 3.63) is 29.0 Å². The Hall–Kier alpha value is -1.29. The summed E-state index contributed by atoms with van der Waals surface area (Å²) in [6.45, 7) is 5.32. The first kappa shape index (κ1) is 13.8. The van der Waals surface area contributed by atoms with Gasteiger partial charge in [0.05, 0.1) is 5.02 Å². The largest absolute Gasteiger partial charge is 0.443 e. The summed E-state index contributed by atoms with van der Waals surface area (Å²) in [5.41, 5.74) is -0.0968. The van der Waals surface area contributed by atoms with Crippen LogP contribution in [0.5, 0.6) is 0 Å². The lowest BCUT2D eigenvalue weighted by molar-refractivity contribution is 0.0589. The number of halogens is 2. The van der Waals surface area contributed by atoms with Gasteiger partial charge in [-0.15, -0.1) is 0 Å². The molecular weight excluding hydrogens is 245 g/mol. The Balaban J connectivity index is 2.85. The van der Waals surface area contributed by atoms with Gasteiger partial charge in [0.25, 0.3) is 0 Å². The number of hydrogen-bond acceptors (Lipinski definition) is 2. The molecule has 0 bridgehead atoms. The van der Waals surface area contributed by atoms with E-state index in [1.807, 2.05) is 0 Å². The summed E-state index contributed by atoms with van der Waals surface area (Å²) < 4.78 is 18.1. The summed E-state index contributed by atoms with van der Waals surface area (Å²) in [5.74, 6) is -0.520. The zero-order valence-corrected chi connectivity index (χ0v) is 11.0. The standard InChI is InChI=1S/C12H15ClFNO2/c1-12(2,3)17-11(16)15(4)8-5-6-10(14)9(13)7-8/h5-7H,1-4H3. The maximum Gasteiger partial charge on any atom is 0.414 e. The zero-order chi connectivity index (χ0) is 13.2. The van der Waals surface area contributed by atoms with Crippen molar-refractivity contribution in [3.8, 4) is 0 Å². The van der Waals surface area contributed by atoms with Crippen LogP contribution in [0.1, 0.15) is 20.8 Å². The Morgan fingerprint density at radius 3 is 2.47 bits per heavy atom. The van der Waals surface area contributed by atoms with E-state index in [-0.39, 0.29) is 5.02 Å². The van der Waals surface area contributed by atoms with Crippen molar-refractivity contribution in [1.29, 1.82) is 0 Å². The molecule has 0 saturated carbocycles. The van der Waals surface area contributed by atoms with Crippen molar-refractivity contribution < 1.29 is 13.9 Å². The Morgan fingerprint density at radius 1 is 1.41 bits per heavy atom. The number of benzene rings is 1. The highest BCUT2D eigenvalue weighted by atomic mass is 35.5. The van der Waals surface area contributed by atoms with Crippen LogP contribution in [0.4, 0.5) is 14.9 Å². The summed E-state index contributed by atoms with van der Waals surface area (Å²) in [7, 11) is 1.54. The molecule has 17 heavy (non-hydrogen) atoms. The predicted molar refractivity (Wildman–Crippen MR) is 66.0 cm³/mol. The van der Waals surface area contributed by atoms with Crippen molar-refractivity contribution in [2.45, 2.75) is 26.4 Å². The molecule has 0 radical (unpaired) electrons. The molecule has 3 nitrogen and oxygen atoms in total. The van der Waals surface area contributed by atoms with E-state index in [0.717, 1.165) is 0 Å². The Morgan fingerprint density at radius 2 is 2.00 bits per heavy atom. The summed E-state index contributed by atoms with van der Waals surface area (Å²) in [6, 6.07) is 4.05. The zero-order valence-electron chi connectivity index (χ0n) is 10.3. The first-order chi connectivity index (χ1) is 7.70. The second kappa shape index (κ2) is 4.92. The molecule has 0 aliphatic carbocycles. The highest BCUT2D eigenvalue weighted by Gasteiger charge is 2.20. The van der Waals surface area contributed by atoms with Gasteiger partial charge in [-0.05, 0) is 39.0 Å². The topological polar surface area (TPSA) is 29.5 Å². The fourth-order valence-electron chi connectivity index (χ4n) is 1.13. The van der Waals surface area contributed by atoms with Gasteiger partial charge >= 0.3 is 6.09 Å². The fourth-order valence-corrected chi connectivity index (χ4v) is 1.30. The van der Waals surface area contributed by atoms with Crippen LogP contribution in [0, 0.1) is 5.82 Å². The molecule has 0 saturated heterocycles. The Labute approximate surface area is 105 Å². The minimum atomic E-state index is -0.574. The van der Waals surface area contributed by atoms with E-state index < -0.39 is 17.5 Å². The molecule has 0 aliphatic heterocycles. The van der Waals surface area contributed by atoms with Crippen LogP contribution in [0.3, 0.4) is 0 Å². The molecule has 5 heteroatoms. The van der Waals surface area contributed by atoms with E-state index in [1.54, 1.807) is 20.8 Å². The van der Waals surface area contributed by atoms with Gasteiger partial charge in [0, 0.05) is 12.7 Å². The molecule has 0 atom stereocenters. The average molecular weight is 260 g/mol. The van der Waals surface area contributed by atoms with Crippen LogP contribution < -0.4 is 4.90 Å². The smallest absolute Gasteiger partial charge is 0.414 e. The summed E-state index contributed by atoms with van der Waals surface area (Å²) in [5, 5.41) is -0.0297. The lowest BCUT2D eigenvalue weighted by Crippen LogP contribution is -2.34. The Kier molecular flexibility index (Phi) is 3.98. The van der Waals surface area contributed by atoms with Gasteiger partial charge in [-0.3, -0.25) is 4.90 Å². The SMILES string of the molecule is CN(C(=O)OC(C)(C)C)c1ccc(F)c(Cl)c1. The van der Waals surface area contributed by atoms with Crippen molar-refractivity contribution in [1.82, 2.24) is 0 Å². The van der Waals surface area contributed by atoms with Gasteiger partial charge in [0.2, 0.25) is 0 Å². The number of nitrogens with zero attached hydrogens (tertiary/aromatic N) is 1. The van der Waals surface area contributed by atoms with E-state index in [0.29, 0.717) is 5.69 Å². The predicted octanol–water partition coefficient (Wildman–Crippen LogP) is 3.85. The van der Waals surface area contributed by atoms with Crippen molar-refractivity contribution in [3.63, 3.8) is 0 Å². The molecule has 0 spiro atoms. The van der Waals surface area contributed by atoms with E-state index in [1.165, 1.54) is 30.1 Å². The molecule has 1 amide bonds. The highest BCUT2D eigenvalue weighted by Crippen LogP contribution is 2.23. The molecule has 1 aromatic carbocycles. The third-order valence-corrected chi connectivity index (χ3v) is 2.25.